The summed E-state index contributed by atoms with van der Waals surface area (Å²) in [5, 5.41) is 2.40. The van der Waals surface area contributed by atoms with Crippen LogP contribution in [0.1, 0.15) is 23.6 Å². The molecule has 1 saturated heterocycles. The topological polar surface area (TPSA) is 49.4 Å². The average Bonchev–Trinajstić information content (AvgIpc) is 2.86. The zero-order valence-corrected chi connectivity index (χ0v) is 14.2. The van der Waals surface area contributed by atoms with E-state index in [4.69, 9.17) is 0 Å². The molecular formula is C18H13F5N2O2. The van der Waals surface area contributed by atoms with Gasteiger partial charge in [0.05, 0.1) is 6.54 Å². The van der Waals surface area contributed by atoms with E-state index in [1.54, 1.807) is 24.3 Å². The molecular weight excluding hydrogens is 371 g/mol. The molecule has 1 heterocycles. The number of hydrogen-bond acceptors (Lipinski definition) is 2. The van der Waals surface area contributed by atoms with Crippen LogP contribution in [-0.2, 0) is 16.9 Å². The zero-order chi connectivity index (χ0) is 20.1. The molecule has 0 radical (unpaired) electrons. The number of hydrogen-bond donors (Lipinski definition) is 1. The first kappa shape index (κ1) is 18.8. The van der Waals surface area contributed by atoms with E-state index in [2.05, 4.69) is 5.32 Å². The first-order chi connectivity index (χ1) is 12.6. The molecule has 4 nitrogen and oxygen atoms in total. The lowest BCUT2D eigenvalue weighted by Gasteiger charge is -2.22. The monoisotopic (exact) mass is 384 g/mol. The molecule has 2 aromatic rings. The molecule has 0 spiro atoms. The summed E-state index contributed by atoms with van der Waals surface area (Å²) >= 11 is 0. The largest absolute Gasteiger partial charge is 0.325 e. The molecule has 27 heavy (non-hydrogen) atoms. The van der Waals surface area contributed by atoms with Crippen molar-refractivity contribution in [3.8, 4) is 0 Å². The van der Waals surface area contributed by atoms with Crippen LogP contribution in [0.2, 0.25) is 0 Å². The minimum Gasteiger partial charge on any atom is -0.319 e. The SMILES string of the molecule is Cc1ccc([C@@]2(C)NC(=O)N(Cc3c(F)c(F)c(F)c(F)c3F)C2=O)cc1. The molecule has 1 atom stereocenters. The van der Waals surface area contributed by atoms with E-state index < -0.39 is 58.7 Å². The Morgan fingerprint density at radius 3 is 1.89 bits per heavy atom. The van der Waals surface area contributed by atoms with Crippen molar-refractivity contribution in [1.29, 1.82) is 0 Å². The van der Waals surface area contributed by atoms with Gasteiger partial charge in [-0.25, -0.2) is 26.7 Å². The van der Waals surface area contributed by atoms with Crippen molar-refractivity contribution in [2.75, 3.05) is 0 Å². The second kappa shape index (κ2) is 6.33. The zero-order valence-electron chi connectivity index (χ0n) is 14.2. The highest BCUT2D eigenvalue weighted by Gasteiger charge is 2.49. The lowest BCUT2D eigenvalue weighted by molar-refractivity contribution is -0.131. The summed E-state index contributed by atoms with van der Waals surface area (Å²) in [6.45, 7) is 2.10. The van der Waals surface area contributed by atoms with Gasteiger partial charge in [0.15, 0.2) is 23.3 Å². The lowest BCUT2D eigenvalue weighted by Crippen LogP contribution is -2.40. The summed E-state index contributed by atoms with van der Waals surface area (Å²) in [5.41, 5.74) is -1.48. The van der Waals surface area contributed by atoms with Crippen molar-refractivity contribution in [3.63, 3.8) is 0 Å². The van der Waals surface area contributed by atoms with E-state index in [0.717, 1.165) is 5.56 Å². The summed E-state index contributed by atoms with van der Waals surface area (Å²) < 4.78 is 67.6. The summed E-state index contributed by atoms with van der Waals surface area (Å²) in [6, 6.07) is 5.58. The van der Waals surface area contributed by atoms with E-state index in [0.29, 0.717) is 10.5 Å². The standard InChI is InChI=1S/C18H13F5N2O2/c1-8-3-5-9(6-4-8)18(2)16(26)25(17(27)24-18)7-10-11(19)13(21)15(23)14(22)12(10)20/h3-6H,7H2,1-2H3,(H,24,27)/t18-/m1/s1. The molecule has 1 aliphatic heterocycles. The van der Waals surface area contributed by atoms with Crippen LogP contribution in [0, 0.1) is 36.0 Å². The number of carbonyl (C=O) groups excluding carboxylic acids is 2. The van der Waals surface area contributed by atoms with Gasteiger partial charge in [0.25, 0.3) is 5.91 Å². The first-order valence-electron chi connectivity index (χ1n) is 7.79. The van der Waals surface area contributed by atoms with Crippen molar-refractivity contribution in [2.24, 2.45) is 0 Å². The van der Waals surface area contributed by atoms with Crippen LogP contribution in [-0.4, -0.2) is 16.8 Å². The van der Waals surface area contributed by atoms with E-state index in [9.17, 15) is 31.5 Å². The number of aryl methyl sites for hydroxylation is 1. The summed E-state index contributed by atoms with van der Waals surface area (Å²) in [7, 11) is 0. The average molecular weight is 384 g/mol. The van der Waals surface area contributed by atoms with Gasteiger partial charge in [0, 0.05) is 5.56 Å². The van der Waals surface area contributed by atoms with Gasteiger partial charge in [0.1, 0.15) is 5.54 Å². The van der Waals surface area contributed by atoms with Gasteiger partial charge in [-0.05, 0) is 19.4 Å². The number of rotatable bonds is 3. The van der Waals surface area contributed by atoms with Crippen molar-refractivity contribution in [1.82, 2.24) is 10.2 Å². The van der Waals surface area contributed by atoms with Crippen molar-refractivity contribution < 1.29 is 31.5 Å². The molecule has 1 fully saturated rings. The van der Waals surface area contributed by atoms with Gasteiger partial charge in [-0.15, -0.1) is 0 Å². The normalized spacial score (nSPS) is 19.6. The van der Waals surface area contributed by atoms with Crippen molar-refractivity contribution >= 4 is 11.9 Å². The van der Waals surface area contributed by atoms with Crippen LogP contribution in [0.5, 0.6) is 0 Å². The molecule has 9 heteroatoms. The van der Waals surface area contributed by atoms with Crippen LogP contribution in [0.4, 0.5) is 26.7 Å². The third-order valence-corrected chi connectivity index (χ3v) is 4.52. The third-order valence-electron chi connectivity index (χ3n) is 4.52. The smallest absolute Gasteiger partial charge is 0.319 e. The van der Waals surface area contributed by atoms with E-state index in [1.807, 2.05) is 6.92 Å². The Morgan fingerprint density at radius 1 is 0.889 bits per heavy atom. The van der Waals surface area contributed by atoms with Gasteiger partial charge in [-0.3, -0.25) is 9.69 Å². The van der Waals surface area contributed by atoms with E-state index in [1.165, 1.54) is 6.92 Å². The number of benzene rings is 2. The number of imide groups is 1. The molecule has 1 N–H and O–H groups in total. The molecule has 2 aromatic carbocycles. The Labute approximate surface area is 150 Å². The predicted molar refractivity (Wildman–Crippen MR) is 83.8 cm³/mol. The third kappa shape index (κ3) is 2.83. The molecule has 142 valence electrons. The Bertz CT molecular complexity index is 932. The number of nitrogens with zero attached hydrogens (tertiary/aromatic N) is 1. The van der Waals surface area contributed by atoms with Gasteiger partial charge in [-0.1, -0.05) is 29.8 Å². The Kier molecular flexibility index (Phi) is 4.41. The van der Waals surface area contributed by atoms with Gasteiger partial charge < -0.3 is 5.32 Å². The molecule has 0 bridgehead atoms. The Morgan fingerprint density at radius 2 is 1.37 bits per heavy atom. The molecule has 0 unspecified atom stereocenters. The highest BCUT2D eigenvalue weighted by atomic mass is 19.2. The van der Waals surface area contributed by atoms with Crippen LogP contribution < -0.4 is 5.32 Å². The number of carbonyl (C=O) groups is 2. The minimum atomic E-state index is -2.31. The molecule has 0 aromatic heterocycles. The van der Waals surface area contributed by atoms with Crippen molar-refractivity contribution in [3.05, 3.63) is 70.0 Å². The molecule has 3 amide bonds. The Balaban J connectivity index is 1.99. The Hall–Kier alpha value is -2.97. The number of urea groups is 1. The molecule has 1 aliphatic rings. The number of nitrogens with one attached hydrogen (secondary N) is 1. The summed E-state index contributed by atoms with van der Waals surface area (Å²) in [4.78, 5) is 25.3. The highest BCUT2D eigenvalue weighted by molar-refractivity contribution is 6.07. The maximum absolute atomic E-state index is 13.9. The fourth-order valence-corrected chi connectivity index (χ4v) is 2.87. The second-order valence-corrected chi connectivity index (χ2v) is 6.36. The van der Waals surface area contributed by atoms with Crippen LogP contribution >= 0.6 is 0 Å². The number of halogens is 5. The summed E-state index contributed by atoms with van der Waals surface area (Å²) in [6.07, 6.45) is 0. The van der Waals surface area contributed by atoms with E-state index >= 15 is 0 Å². The quantitative estimate of drug-likeness (QED) is 0.380. The maximum atomic E-state index is 13.9. The molecule has 0 aliphatic carbocycles. The maximum Gasteiger partial charge on any atom is 0.325 e. The molecule has 0 saturated carbocycles. The highest BCUT2D eigenvalue weighted by Crippen LogP contribution is 2.31. The number of amides is 3. The minimum absolute atomic E-state index is 0.409. The van der Waals surface area contributed by atoms with Gasteiger partial charge >= 0.3 is 6.03 Å². The lowest BCUT2D eigenvalue weighted by atomic mass is 9.91. The summed E-state index contributed by atoms with van der Waals surface area (Å²) in [5.74, 6) is -11.6. The molecule has 3 rings (SSSR count). The van der Waals surface area contributed by atoms with Crippen molar-refractivity contribution in [2.45, 2.75) is 25.9 Å². The fourth-order valence-electron chi connectivity index (χ4n) is 2.87. The van der Waals surface area contributed by atoms with Crippen LogP contribution in [0.3, 0.4) is 0 Å². The van der Waals surface area contributed by atoms with Crippen LogP contribution in [0.15, 0.2) is 24.3 Å². The van der Waals surface area contributed by atoms with Crippen LogP contribution in [0.25, 0.3) is 0 Å². The predicted octanol–water partition coefficient (Wildman–Crippen LogP) is 3.66. The van der Waals surface area contributed by atoms with Gasteiger partial charge in [0.2, 0.25) is 5.82 Å². The second-order valence-electron chi connectivity index (χ2n) is 6.36. The van der Waals surface area contributed by atoms with E-state index in [-0.39, 0.29) is 0 Å². The first-order valence-corrected chi connectivity index (χ1v) is 7.79. The fraction of sp³-hybridized carbons (Fsp3) is 0.222. The van der Waals surface area contributed by atoms with Gasteiger partial charge in [-0.2, -0.15) is 0 Å².